The van der Waals surface area contributed by atoms with Gasteiger partial charge in [0.25, 0.3) is 0 Å². The third-order valence-electron chi connectivity index (χ3n) is 4.37. The number of benzene rings is 1. The molecule has 1 aliphatic rings. The van der Waals surface area contributed by atoms with Crippen molar-refractivity contribution in [3.05, 3.63) is 53.9 Å². The van der Waals surface area contributed by atoms with Crippen molar-refractivity contribution in [2.24, 2.45) is 0 Å². The van der Waals surface area contributed by atoms with E-state index in [9.17, 15) is 9.18 Å². The monoisotopic (exact) mass is 344 g/mol. The lowest BCUT2D eigenvalue weighted by atomic mass is 10.0. The van der Waals surface area contributed by atoms with Crippen LogP contribution in [0.2, 0.25) is 0 Å². The van der Waals surface area contributed by atoms with E-state index >= 15 is 0 Å². The second-order valence-electron chi connectivity index (χ2n) is 6.08. The van der Waals surface area contributed by atoms with Crippen LogP contribution in [0.15, 0.2) is 36.7 Å². The molecule has 2 aromatic rings. The lowest BCUT2D eigenvalue weighted by Crippen LogP contribution is -2.36. The number of ether oxygens (including phenoxy) is 1. The summed E-state index contributed by atoms with van der Waals surface area (Å²) >= 11 is 0. The number of aromatic nitrogens is 3. The Bertz CT molecular complexity index is 732. The number of nitrogens with one attached hydrogen (secondary N) is 1. The molecule has 1 aromatic heterocycles. The molecular weight excluding hydrogens is 323 g/mol. The molecule has 2 heterocycles. The first-order valence-electron chi connectivity index (χ1n) is 8.27. The first-order valence-corrected chi connectivity index (χ1v) is 8.27. The van der Waals surface area contributed by atoms with Gasteiger partial charge in [-0.1, -0.05) is 30.4 Å². The third kappa shape index (κ3) is 4.30. The Balaban J connectivity index is 1.53. The van der Waals surface area contributed by atoms with Gasteiger partial charge in [0.1, 0.15) is 18.0 Å². The van der Waals surface area contributed by atoms with Gasteiger partial charge in [0.15, 0.2) is 0 Å². The molecule has 0 spiro atoms. The number of H-pyrrole nitrogens is 1. The Hall–Kier alpha value is -2.54. The maximum absolute atomic E-state index is 13.5. The quantitative estimate of drug-likeness (QED) is 0.873. The number of halogens is 1. The van der Waals surface area contributed by atoms with Crippen LogP contribution in [0, 0.1) is 5.82 Å². The fourth-order valence-electron chi connectivity index (χ4n) is 2.96. The SMILES string of the molecule is CN(C[C@H]1OCC[C@H]1c1ncn[nH]1)C(=O)C/C=C/c1ccccc1F. The molecule has 1 amide bonds. The Labute approximate surface area is 145 Å². The molecule has 0 saturated carbocycles. The van der Waals surface area contributed by atoms with Crippen molar-refractivity contribution >= 4 is 12.0 Å². The number of hydrogen-bond donors (Lipinski definition) is 1. The lowest BCUT2D eigenvalue weighted by Gasteiger charge is -2.23. The largest absolute Gasteiger partial charge is 0.376 e. The number of nitrogens with zero attached hydrogens (tertiary/aromatic N) is 3. The van der Waals surface area contributed by atoms with Gasteiger partial charge in [-0.25, -0.2) is 9.37 Å². The van der Waals surface area contributed by atoms with E-state index in [0.29, 0.717) is 18.7 Å². The minimum absolute atomic E-state index is 0.0422. The number of hydrogen-bond acceptors (Lipinski definition) is 4. The maximum Gasteiger partial charge on any atom is 0.226 e. The molecule has 3 rings (SSSR count). The number of likely N-dealkylation sites (N-methyl/N-ethyl adjacent to an activating group) is 1. The minimum Gasteiger partial charge on any atom is -0.376 e. The molecule has 7 heteroatoms. The van der Waals surface area contributed by atoms with E-state index in [4.69, 9.17) is 4.74 Å². The van der Waals surface area contributed by atoms with Crippen molar-refractivity contribution in [2.75, 3.05) is 20.2 Å². The van der Waals surface area contributed by atoms with E-state index < -0.39 is 0 Å². The van der Waals surface area contributed by atoms with Gasteiger partial charge in [0.2, 0.25) is 5.91 Å². The van der Waals surface area contributed by atoms with E-state index in [-0.39, 0.29) is 30.2 Å². The molecule has 0 radical (unpaired) electrons. The molecule has 0 bridgehead atoms. The third-order valence-corrected chi connectivity index (χ3v) is 4.37. The van der Waals surface area contributed by atoms with E-state index in [2.05, 4.69) is 15.2 Å². The molecule has 2 atom stereocenters. The molecular formula is C18H21FN4O2. The summed E-state index contributed by atoms with van der Waals surface area (Å²) in [5, 5.41) is 6.76. The molecule has 1 saturated heterocycles. The summed E-state index contributed by atoms with van der Waals surface area (Å²) in [6.45, 7) is 1.13. The average molecular weight is 344 g/mol. The first kappa shape index (κ1) is 17.3. The van der Waals surface area contributed by atoms with Crippen LogP contribution in [0.4, 0.5) is 4.39 Å². The van der Waals surface area contributed by atoms with E-state index in [0.717, 1.165) is 12.2 Å². The van der Waals surface area contributed by atoms with Crippen LogP contribution in [-0.2, 0) is 9.53 Å². The summed E-state index contributed by atoms with van der Waals surface area (Å²) in [5.74, 6) is 0.572. The van der Waals surface area contributed by atoms with Gasteiger partial charge < -0.3 is 9.64 Å². The highest BCUT2D eigenvalue weighted by Crippen LogP contribution is 2.29. The van der Waals surface area contributed by atoms with Crippen molar-refractivity contribution in [1.29, 1.82) is 0 Å². The summed E-state index contributed by atoms with van der Waals surface area (Å²) in [5.41, 5.74) is 0.475. The second-order valence-corrected chi connectivity index (χ2v) is 6.08. The van der Waals surface area contributed by atoms with Crippen molar-refractivity contribution in [3.63, 3.8) is 0 Å². The summed E-state index contributed by atoms with van der Waals surface area (Å²) in [7, 11) is 1.75. The lowest BCUT2D eigenvalue weighted by molar-refractivity contribution is -0.130. The predicted molar refractivity (Wildman–Crippen MR) is 91.2 cm³/mol. The van der Waals surface area contributed by atoms with Gasteiger partial charge in [-0.3, -0.25) is 9.89 Å². The predicted octanol–water partition coefficient (Wildman–Crippen LogP) is 2.38. The minimum atomic E-state index is -0.297. The molecule has 1 fully saturated rings. The highest BCUT2D eigenvalue weighted by Gasteiger charge is 2.33. The fraction of sp³-hybridized carbons (Fsp3) is 0.389. The van der Waals surface area contributed by atoms with Crippen LogP contribution in [0.1, 0.15) is 30.1 Å². The zero-order valence-corrected chi connectivity index (χ0v) is 14.1. The first-order chi connectivity index (χ1) is 12.1. The average Bonchev–Trinajstić information content (AvgIpc) is 3.27. The van der Waals surface area contributed by atoms with Crippen LogP contribution in [0.3, 0.4) is 0 Å². The van der Waals surface area contributed by atoms with Crippen LogP contribution < -0.4 is 0 Å². The number of carbonyl (C=O) groups is 1. The highest BCUT2D eigenvalue weighted by atomic mass is 19.1. The van der Waals surface area contributed by atoms with Gasteiger partial charge in [-0.2, -0.15) is 5.10 Å². The molecule has 1 aliphatic heterocycles. The van der Waals surface area contributed by atoms with Gasteiger partial charge >= 0.3 is 0 Å². The number of rotatable bonds is 6. The highest BCUT2D eigenvalue weighted by molar-refractivity contribution is 5.78. The van der Waals surface area contributed by atoms with E-state index in [1.165, 1.54) is 12.4 Å². The molecule has 6 nitrogen and oxygen atoms in total. The van der Waals surface area contributed by atoms with Crippen molar-refractivity contribution < 1.29 is 13.9 Å². The van der Waals surface area contributed by atoms with Crippen LogP contribution in [-0.4, -0.2) is 52.3 Å². The standard InChI is InChI=1S/C18H21FN4O2/c1-23(11-16-14(9-10-25-16)18-20-12-21-22-18)17(24)8-4-6-13-5-2-3-7-15(13)19/h2-7,12,14,16H,8-11H2,1H3,(H,20,21,22)/b6-4+/t14-,16-/m1/s1. The zero-order chi connectivity index (χ0) is 17.6. The van der Waals surface area contributed by atoms with Crippen molar-refractivity contribution in [1.82, 2.24) is 20.1 Å². The van der Waals surface area contributed by atoms with Crippen LogP contribution >= 0.6 is 0 Å². The smallest absolute Gasteiger partial charge is 0.226 e. The Morgan fingerprint density at radius 1 is 1.48 bits per heavy atom. The number of aromatic amines is 1. The maximum atomic E-state index is 13.5. The second kappa shape index (κ2) is 8.02. The Morgan fingerprint density at radius 3 is 3.08 bits per heavy atom. The molecule has 0 unspecified atom stereocenters. The Morgan fingerprint density at radius 2 is 2.32 bits per heavy atom. The topological polar surface area (TPSA) is 71.1 Å². The molecule has 25 heavy (non-hydrogen) atoms. The van der Waals surface area contributed by atoms with Gasteiger partial charge in [0.05, 0.1) is 6.10 Å². The van der Waals surface area contributed by atoms with Gasteiger partial charge in [-0.05, 0) is 12.5 Å². The molecule has 132 valence electrons. The van der Waals surface area contributed by atoms with Gasteiger partial charge in [-0.15, -0.1) is 0 Å². The van der Waals surface area contributed by atoms with Crippen LogP contribution in [0.5, 0.6) is 0 Å². The number of amides is 1. The normalized spacial score (nSPS) is 20.2. The molecule has 1 N–H and O–H groups in total. The summed E-state index contributed by atoms with van der Waals surface area (Å²) in [6, 6.07) is 6.47. The van der Waals surface area contributed by atoms with Gasteiger partial charge in [0, 0.05) is 38.1 Å². The summed E-state index contributed by atoms with van der Waals surface area (Å²) in [4.78, 5) is 18.1. The summed E-state index contributed by atoms with van der Waals surface area (Å²) < 4.78 is 19.3. The van der Waals surface area contributed by atoms with E-state index in [1.807, 2.05) is 0 Å². The molecule has 0 aliphatic carbocycles. The van der Waals surface area contributed by atoms with Crippen molar-refractivity contribution in [3.8, 4) is 0 Å². The van der Waals surface area contributed by atoms with E-state index in [1.54, 1.807) is 42.3 Å². The fourth-order valence-corrected chi connectivity index (χ4v) is 2.96. The van der Waals surface area contributed by atoms with Crippen LogP contribution in [0.25, 0.3) is 6.08 Å². The molecule has 1 aromatic carbocycles. The van der Waals surface area contributed by atoms with Crippen molar-refractivity contribution in [2.45, 2.75) is 24.9 Å². The Kier molecular flexibility index (Phi) is 5.55. The zero-order valence-electron chi connectivity index (χ0n) is 14.1. The number of carbonyl (C=O) groups excluding carboxylic acids is 1. The summed E-state index contributed by atoms with van der Waals surface area (Å²) in [6.07, 6.45) is 5.76.